The molecular weight excluding hydrogens is 566 g/mol. The van der Waals surface area contributed by atoms with E-state index in [1.807, 2.05) is 74.5 Å². The highest BCUT2D eigenvalue weighted by Crippen LogP contribution is 2.25. The standard InChI is InChI=1S/C29H34BrN3O4S/c1-4-17-31-29(35)27(19-23-11-7-5-8-12-23)32(20-24-13-9-6-10-14-24)28(34)21-33(38(3,36)37)25-15-16-26(30)22(2)18-25/h5-16,18,27H,4,17,19-21H2,1-3H3,(H,31,35)/t27-/m0/s1. The van der Waals surface area contributed by atoms with E-state index in [1.54, 1.807) is 18.2 Å². The molecule has 2 amide bonds. The number of hydrogen-bond acceptors (Lipinski definition) is 4. The maximum Gasteiger partial charge on any atom is 0.244 e. The van der Waals surface area contributed by atoms with Gasteiger partial charge in [-0.1, -0.05) is 83.5 Å². The molecule has 3 aromatic rings. The summed E-state index contributed by atoms with van der Waals surface area (Å²) < 4.78 is 27.6. The van der Waals surface area contributed by atoms with Crippen LogP contribution in [0.5, 0.6) is 0 Å². The molecule has 0 aliphatic carbocycles. The molecule has 7 nitrogen and oxygen atoms in total. The first-order valence-electron chi connectivity index (χ1n) is 12.5. The lowest BCUT2D eigenvalue weighted by Gasteiger charge is -2.33. The Labute approximate surface area is 234 Å². The topological polar surface area (TPSA) is 86.8 Å². The van der Waals surface area contributed by atoms with E-state index >= 15 is 0 Å². The number of carbonyl (C=O) groups excluding carboxylic acids is 2. The van der Waals surface area contributed by atoms with Gasteiger partial charge in [-0.05, 0) is 48.2 Å². The van der Waals surface area contributed by atoms with Gasteiger partial charge in [-0.15, -0.1) is 0 Å². The molecule has 0 aliphatic heterocycles. The van der Waals surface area contributed by atoms with Crippen molar-refractivity contribution in [1.29, 1.82) is 0 Å². The number of halogens is 1. The molecule has 1 atom stereocenters. The molecule has 9 heteroatoms. The number of rotatable bonds is 12. The average Bonchev–Trinajstić information content (AvgIpc) is 2.90. The zero-order chi connectivity index (χ0) is 27.7. The number of nitrogens with one attached hydrogen (secondary N) is 1. The number of hydrogen-bond donors (Lipinski definition) is 1. The Kier molecular flexibility index (Phi) is 10.5. The molecule has 0 heterocycles. The van der Waals surface area contributed by atoms with E-state index < -0.39 is 28.5 Å². The molecular formula is C29H34BrN3O4S. The zero-order valence-electron chi connectivity index (χ0n) is 21.9. The highest BCUT2D eigenvalue weighted by molar-refractivity contribution is 9.10. The SMILES string of the molecule is CCCNC(=O)[C@H](Cc1ccccc1)N(Cc1ccccc1)C(=O)CN(c1ccc(Br)c(C)c1)S(C)(=O)=O. The maximum absolute atomic E-state index is 14.0. The Balaban J connectivity index is 2.03. The average molecular weight is 601 g/mol. The molecule has 0 fully saturated rings. The number of sulfonamides is 1. The van der Waals surface area contributed by atoms with E-state index in [1.165, 1.54) is 4.90 Å². The first-order valence-corrected chi connectivity index (χ1v) is 15.1. The monoisotopic (exact) mass is 599 g/mol. The summed E-state index contributed by atoms with van der Waals surface area (Å²) in [6, 6.07) is 23.2. The van der Waals surface area contributed by atoms with Crippen LogP contribution in [0.2, 0.25) is 0 Å². The van der Waals surface area contributed by atoms with Crippen molar-refractivity contribution in [2.24, 2.45) is 0 Å². The predicted molar refractivity (Wildman–Crippen MR) is 155 cm³/mol. The second-order valence-corrected chi connectivity index (χ2v) is 12.0. The molecule has 3 aromatic carbocycles. The molecule has 3 rings (SSSR count). The van der Waals surface area contributed by atoms with Crippen molar-refractivity contribution in [2.75, 3.05) is 23.7 Å². The third kappa shape index (κ3) is 8.16. The van der Waals surface area contributed by atoms with Crippen LogP contribution < -0.4 is 9.62 Å². The van der Waals surface area contributed by atoms with Gasteiger partial charge in [0.15, 0.2) is 0 Å². The van der Waals surface area contributed by atoms with E-state index in [-0.39, 0.29) is 12.5 Å². The van der Waals surface area contributed by atoms with Crippen LogP contribution in [0, 0.1) is 6.92 Å². The molecule has 0 radical (unpaired) electrons. The summed E-state index contributed by atoms with van der Waals surface area (Å²) in [6.07, 6.45) is 2.13. The van der Waals surface area contributed by atoms with Crippen molar-refractivity contribution in [1.82, 2.24) is 10.2 Å². The molecule has 0 aliphatic rings. The van der Waals surface area contributed by atoms with Gasteiger partial charge >= 0.3 is 0 Å². The molecule has 202 valence electrons. The summed E-state index contributed by atoms with van der Waals surface area (Å²) in [7, 11) is -3.80. The molecule has 0 unspecified atom stereocenters. The van der Waals surface area contributed by atoms with Crippen molar-refractivity contribution < 1.29 is 18.0 Å². The van der Waals surface area contributed by atoms with Crippen molar-refractivity contribution in [3.05, 3.63) is 100 Å². The summed E-state index contributed by atoms with van der Waals surface area (Å²) in [4.78, 5) is 28.9. The van der Waals surface area contributed by atoms with Gasteiger partial charge < -0.3 is 10.2 Å². The fourth-order valence-corrected chi connectivity index (χ4v) is 5.19. The third-order valence-corrected chi connectivity index (χ3v) is 8.16. The van der Waals surface area contributed by atoms with Gasteiger partial charge in [0.1, 0.15) is 12.6 Å². The van der Waals surface area contributed by atoms with Crippen LogP contribution in [0.15, 0.2) is 83.3 Å². The van der Waals surface area contributed by atoms with E-state index in [4.69, 9.17) is 0 Å². The van der Waals surface area contributed by atoms with Gasteiger partial charge in [0.25, 0.3) is 0 Å². The number of aryl methyl sites for hydroxylation is 1. The number of carbonyl (C=O) groups is 2. The number of nitrogens with zero attached hydrogens (tertiary/aromatic N) is 2. The highest BCUT2D eigenvalue weighted by atomic mass is 79.9. The molecule has 1 N–H and O–H groups in total. The second kappa shape index (κ2) is 13.6. The van der Waals surface area contributed by atoms with Gasteiger partial charge in [-0.3, -0.25) is 13.9 Å². The van der Waals surface area contributed by atoms with Gasteiger partial charge in [-0.25, -0.2) is 8.42 Å². The van der Waals surface area contributed by atoms with Crippen LogP contribution in [0.25, 0.3) is 0 Å². The van der Waals surface area contributed by atoms with Crippen LogP contribution in [-0.2, 0) is 32.6 Å². The third-order valence-electron chi connectivity index (χ3n) is 6.12. The minimum absolute atomic E-state index is 0.160. The zero-order valence-corrected chi connectivity index (χ0v) is 24.3. The Hall–Kier alpha value is -3.17. The van der Waals surface area contributed by atoms with Gasteiger partial charge in [0, 0.05) is 24.0 Å². The van der Waals surface area contributed by atoms with Crippen molar-refractivity contribution >= 4 is 43.5 Å². The first kappa shape index (κ1) is 29.4. The van der Waals surface area contributed by atoms with Gasteiger partial charge in [-0.2, -0.15) is 0 Å². The number of amides is 2. The molecule has 38 heavy (non-hydrogen) atoms. The van der Waals surface area contributed by atoms with Gasteiger partial charge in [0.2, 0.25) is 21.8 Å². The van der Waals surface area contributed by atoms with Crippen molar-refractivity contribution in [2.45, 2.75) is 39.3 Å². The van der Waals surface area contributed by atoms with Crippen LogP contribution in [-0.4, -0.2) is 50.5 Å². The minimum Gasteiger partial charge on any atom is -0.354 e. The lowest BCUT2D eigenvalue weighted by atomic mass is 10.0. The lowest BCUT2D eigenvalue weighted by molar-refractivity contribution is -0.140. The van der Waals surface area contributed by atoms with Gasteiger partial charge in [0.05, 0.1) is 11.9 Å². The van der Waals surface area contributed by atoms with Crippen LogP contribution >= 0.6 is 15.9 Å². The van der Waals surface area contributed by atoms with E-state index in [2.05, 4.69) is 21.2 Å². The van der Waals surface area contributed by atoms with Crippen molar-refractivity contribution in [3.8, 4) is 0 Å². The summed E-state index contributed by atoms with van der Waals surface area (Å²) in [5.41, 5.74) is 2.97. The molecule has 0 bridgehead atoms. The summed E-state index contributed by atoms with van der Waals surface area (Å²) in [5.74, 6) is -0.738. The van der Waals surface area contributed by atoms with Crippen LogP contribution in [0.3, 0.4) is 0 Å². The Morgan fingerprint density at radius 3 is 2.11 bits per heavy atom. The van der Waals surface area contributed by atoms with E-state index in [9.17, 15) is 18.0 Å². The number of benzene rings is 3. The summed E-state index contributed by atoms with van der Waals surface area (Å²) >= 11 is 3.44. The summed E-state index contributed by atoms with van der Waals surface area (Å²) in [5, 5.41) is 2.93. The van der Waals surface area contributed by atoms with E-state index in [0.29, 0.717) is 18.7 Å². The lowest BCUT2D eigenvalue weighted by Crippen LogP contribution is -2.53. The van der Waals surface area contributed by atoms with Crippen LogP contribution in [0.1, 0.15) is 30.0 Å². The Morgan fingerprint density at radius 1 is 0.947 bits per heavy atom. The van der Waals surface area contributed by atoms with Crippen molar-refractivity contribution in [3.63, 3.8) is 0 Å². The Bertz CT molecular complexity index is 1330. The highest BCUT2D eigenvalue weighted by Gasteiger charge is 2.33. The number of anilines is 1. The fraction of sp³-hybridized carbons (Fsp3) is 0.310. The normalized spacial score (nSPS) is 12.0. The molecule has 0 aromatic heterocycles. The van der Waals surface area contributed by atoms with E-state index in [0.717, 1.165) is 38.1 Å². The molecule has 0 saturated carbocycles. The molecule has 0 spiro atoms. The first-order chi connectivity index (χ1) is 18.1. The Morgan fingerprint density at radius 2 is 1.55 bits per heavy atom. The smallest absolute Gasteiger partial charge is 0.244 e. The van der Waals surface area contributed by atoms with Crippen LogP contribution in [0.4, 0.5) is 5.69 Å². The predicted octanol–water partition coefficient (Wildman–Crippen LogP) is 4.69. The quantitative estimate of drug-likeness (QED) is 0.327. The minimum atomic E-state index is -3.80. The maximum atomic E-state index is 14.0. The fourth-order valence-electron chi connectivity index (χ4n) is 4.10. The molecule has 0 saturated heterocycles. The second-order valence-electron chi connectivity index (χ2n) is 9.21. The summed E-state index contributed by atoms with van der Waals surface area (Å²) in [6.45, 7) is 4.02. The largest absolute Gasteiger partial charge is 0.354 e.